The van der Waals surface area contributed by atoms with Crippen molar-refractivity contribution in [3.8, 4) is 11.8 Å². The van der Waals surface area contributed by atoms with E-state index in [-0.39, 0.29) is 5.57 Å². The van der Waals surface area contributed by atoms with Crippen LogP contribution in [0.5, 0.6) is 5.75 Å². The van der Waals surface area contributed by atoms with Gasteiger partial charge in [0, 0.05) is 5.54 Å². The number of ether oxygens (including phenoxy) is 2. The first-order chi connectivity index (χ1) is 10.7. The van der Waals surface area contributed by atoms with Crippen LogP contribution in [0.15, 0.2) is 29.8 Å². The average molecular weight is 316 g/mol. The molecule has 1 aromatic carbocycles. The Morgan fingerprint density at radius 2 is 1.87 bits per heavy atom. The van der Waals surface area contributed by atoms with Crippen molar-refractivity contribution in [3.63, 3.8) is 0 Å². The number of amides is 1. The van der Waals surface area contributed by atoms with Crippen LogP contribution < -0.4 is 10.1 Å². The van der Waals surface area contributed by atoms with Crippen LogP contribution in [0.3, 0.4) is 0 Å². The van der Waals surface area contributed by atoms with Crippen LogP contribution >= 0.6 is 0 Å². The highest BCUT2D eigenvalue weighted by atomic mass is 16.5. The second-order valence-electron chi connectivity index (χ2n) is 5.82. The maximum Gasteiger partial charge on any atom is 0.349 e. The summed E-state index contributed by atoms with van der Waals surface area (Å²) in [6, 6.07) is 8.61. The fourth-order valence-corrected chi connectivity index (χ4v) is 1.67. The molecule has 0 heterocycles. The molecule has 23 heavy (non-hydrogen) atoms. The number of hydrogen-bond donors (Lipinski definition) is 1. The summed E-state index contributed by atoms with van der Waals surface area (Å²) in [7, 11) is 1.55. The highest BCUT2D eigenvalue weighted by molar-refractivity contribution is 5.98. The Labute approximate surface area is 135 Å². The molecular formula is C17H20N2O4. The number of benzene rings is 1. The SMILES string of the molecule is COc1ccc(/C=C(\C#N)C(=O)OCC(=O)NC(C)(C)C)cc1. The van der Waals surface area contributed by atoms with Crippen molar-refractivity contribution in [2.24, 2.45) is 0 Å². The van der Waals surface area contributed by atoms with Gasteiger partial charge >= 0.3 is 5.97 Å². The van der Waals surface area contributed by atoms with Gasteiger partial charge in [0.1, 0.15) is 17.4 Å². The number of esters is 1. The highest BCUT2D eigenvalue weighted by Gasteiger charge is 2.17. The Hall–Kier alpha value is -2.81. The minimum atomic E-state index is -0.840. The summed E-state index contributed by atoms with van der Waals surface area (Å²) in [6.07, 6.45) is 1.39. The Morgan fingerprint density at radius 1 is 1.26 bits per heavy atom. The van der Waals surface area contributed by atoms with Gasteiger partial charge in [-0.1, -0.05) is 12.1 Å². The van der Waals surface area contributed by atoms with Gasteiger partial charge in [-0.2, -0.15) is 5.26 Å². The number of nitriles is 1. The maximum absolute atomic E-state index is 11.9. The van der Waals surface area contributed by atoms with Crippen molar-refractivity contribution in [2.45, 2.75) is 26.3 Å². The third-order valence-electron chi connectivity index (χ3n) is 2.62. The zero-order chi connectivity index (χ0) is 17.5. The summed E-state index contributed by atoms with van der Waals surface area (Å²) < 4.78 is 9.88. The lowest BCUT2D eigenvalue weighted by Gasteiger charge is -2.20. The minimum absolute atomic E-state index is 0.182. The maximum atomic E-state index is 11.9. The summed E-state index contributed by atoms with van der Waals surface area (Å²) in [5.41, 5.74) is 0.0534. The van der Waals surface area contributed by atoms with E-state index in [2.05, 4.69) is 5.32 Å². The summed E-state index contributed by atoms with van der Waals surface area (Å²) >= 11 is 0. The van der Waals surface area contributed by atoms with E-state index in [1.165, 1.54) is 6.08 Å². The standard InChI is InChI=1S/C17H20N2O4/c1-17(2,3)19-15(20)11-23-16(21)13(10-18)9-12-5-7-14(22-4)8-6-12/h5-9H,11H2,1-4H3,(H,19,20)/b13-9+. The second kappa shape index (κ2) is 7.99. The Balaban J connectivity index is 2.69. The molecule has 122 valence electrons. The van der Waals surface area contributed by atoms with Gasteiger partial charge in [-0.25, -0.2) is 4.79 Å². The predicted molar refractivity (Wildman–Crippen MR) is 85.4 cm³/mol. The molecular weight excluding hydrogens is 296 g/mol. The topological polar surface area (TPSA) is 88.4 Å². The number of hydrogen-bond acceptors (Lipinski definition) is 5. The lowest BCUT2D eigenvalue weighted by Crippen LogP contribution is -2.42. The Kier molecular flexibility index (Phi) is 6.34. The lowest BCUT2D eigenvalue weighted by atomic mass is 10.1. The van der Waals surface area contributed by atoms with Gasteiger partial charge in [0.2, 0.25) is 0 Å². The molecule has 0 unspecified atom stereocenters. The van der Waals surface area contributed by atoms with Gasteiger partial charge in [-0.05, 0) is 44.5 Å². The fourth-order valence-electron chi connectivity index (χ4n) is 1.67. The highest BCUT2D eigenvalue weighted by Crippen LogP contribution is 2.14. The first-order valence-electron chi connectivity index (χ1n) is 6.99. The van der Waals surface area contributed by atoms with E-state index in [1.807, 2.05) is 20.8 Å². The molecule has 0 aliphatic carbocycles. The van der Waals surface area contributed by atoms with Crippen molar-refractivity contribution in [1.29, 1.82) is 5.26 Å². The van der Waals surface area contributed by atoms with Crippen molar-refractivity contribution < 1.29 is 19.1 Å². The molecule has 0 fully saturated rings. The van der Waals surface area contributed by atoms with E-state index in [0.29, 0.717) is 11.3 Å². The van der Waals surface area contributed by atoms with Crippen LogP contribution in [0, 0.1) is 11.3 Å². The molecule has 6 nitrogen and oxygen atoms in total. The molecule has 0 aliphatic heterocycles. The zero-order valence-electron chi connectivity index (χ0n) is 13.7. The molecule has 0 atom stereocenters. The molecule has 0 spiro atoms. The quantitative estimate of drug-likeness (QED) is 0.510. The molecule has 0 radical (unpaired) electrons. The van der Waals surface area contributed by atoms with Crippen LogP contribution in [0.1, 0.15) is 26.3 Å². The van der Waals surface area contributed by atoms with Gasteiger partial charge in [0.05, 0.1) is 7.11 Å². The third-order valence-corrected chi connectivity index (χ3v) is 2.62. The van der Waals surface area contributed by atoms with Gasteiger partial charge in [0.25, 0.3) is 5.91 Å². The summed E-state index contributed by atoms with van der Waals surface area (Å²) in [4.78, 5) is 23.5. The number of nitrogens with one attached hydrogen (secondary N) is 1. The lowest BCUT2D eigenvalue weighted by molar-refractivity contribution is -0.144. The molecule has 1 N–H and O–H groups in total. The second-order valence-corrected chi connectivity index (χ2v) is 5.82. The number of nitrogens with zero attached hydrogens (tertiary/aromatic N) is 1. The Bertz CT molecular complexity index is 634. The van der Waals surface area contributed by atoms with E-state index in [9.17, 15) is 9.59 Å². The molecule has 0 aliphatic rings. The zero-order valence-corrected chi connectivity index (χ0v) is 13.7. The van der Waals surface area contributed by atoms with Gasteiger partial charge in [-0.15, -0.1) is 0 Å². The largest absolute Gasteiger partial charge is 0.497 e. The van der Waals surface area contributed by atoms with Crippen molar-refractivity contribution in [1.82, 2.24) is 5.32 Å². The summed E-state index contributed by atoms with van der Waals surface area (Å²) in [6.45, 7) is 5.02. The molecule has 6 heteroatoms. The predicted octanol–water partition coefficient (Wildman–Crippen LogP) is 2.06. The molecule has 0 aromatic heterocycles. The number of methoxy groups -OCH3 is 1. The number of carbonyl (C=O) groups is 2. The van der Waals surface area contributed by atoms with E-state index in [1.54, 1.807) is 37.4 Å². The third kappa shape index (κ3) is 6.66. The number of rotatable bonds is 5. The van der Waals surface area contributed by atoms with E-state index < -0.39 is 24.0 Å². The minimum Gasteiger partial charge on any atom is -0.497 e. The van der Waals surface area contributed by atoms with Crippen LogP contribution in [0.4, 0.5) is 0 Å². The molecule has 0 saturated heterocycles. The summed E-state index contributed by atoms with van der Waals surface area (Å²) in [5.74, 6) is -0.595. The van der Waals surface area contributed by atoms with Crippen LogP contribution in [0.2, 0.25) is 0 Å². The fraction of sp³-hybridized carbons (Fsp3) is 0.353. The Morgan fingerprint density at radius 3 is 2.35 bits per heavy atom. The normalized spacial score (nSPS) is 11.3. The van der Waals surface area contributed by atoms with Gasteiger partial charge in [-0.3, -0.25) is 4.79 Å². The van der Waals surface area contributed by atoms with E-state index in [4.69, 9.17) is 14.7 Å². The average Bonchev–Trinajstić information content (AvgIpc) is 2.49. The number of carbonyl (C=O) groups excluding carboxylic acids is 2. The van der Waals surface area contributed by atoms with Gasteiger partial charge in [0.15, 0.2) is 6.61 Å². The first kappa shape index (κ1) is 18.2. The smallest absolute Gasteiger partial charge is 0.349 e. The molecule has 0 bridgehead atoms. The van der Waals surface area contributed by atoms with Crippen LogP contribution in [0.25, 0.3) is 6.08 Å². The summed E-state index contributed by atoms with van der Waals surface area (Å²) in [5, 5.41) is 11.7. The molecule has 1 amide bonds. The van der Waals surface area contributed by atoms with Crippen molar-refractivity contribution in [2.75, 3.05) is 13.7 Å². The van der Waals surface area contributed by atoms with E-state index >= 15 is 0 Å². The molecule has 1 rings (SSSR count). The van der Waals surface area contributed by atoms with Crippen LogP contribution in [-0.2, 0) is 14.3 Å². The van der Waals surface area contributed by atoms with Crippen molar-refractivity contribution >= 4 is 18.0 Å². The van der Waals surface area contributed by atoms with Gasteiger partial charge < -0.3 is 14.8 Å². The first-order valence-corrected chi connectivity index (χ1v) is 6.99. The van der Waals surface area contributed by atoms with Crippen LogP contribution in [-0.4, -0.2) is 31.1 Å². The van der Waals surface area contributed by atoms with Crippen molar-refractivity contribution in [3.05, 3.63) is 35.4 Å². The monoisotopic (exact) mass is 316 g/mol. The van der Waals surface area contributed by atoms with E-state index in [0.717, 1.165) is 0 Å². The molecule has 1 aromatic rings. The molecule has 0 saturated carbocycles.